The van der Waals surface area contributed by atoms with Crippen LogP contribution in [-0.2, 0) is 6.42 Å². The molecule has 0 aliphatic carbocycles. The van der Waals surface area contributed by atoms with Crippen molar-refractivity contribution < 1.29 is 4.48 Å². The van der Waals surface area contributed by atoms with Gasteiger partial charge in [0.05, 0.1) is 26.7 Å². The van der Waals surface area contributed by atoms with Gasteiger partial charge in [-0.2, -0.15) is 0 Å². The molecule has 0 atom stereocenters. The highest BCUT2D eigenvalue weighted by atomic mass is 15.3. The second kappa shape index (κ2) is 9.99. The average Bonchev–Trinajstić information content (AvgIpc) is 2.49. The molecular weight excluding hydrogens is 242 g/mol. The van der Waals surface area contributed by atoms with E-state index in [0.29, 0.717) is 0 Å². The Bertz CT molecular complexity index is 323. The number of nitrogens with zero attached hydrogens (tertiary/aromatic N) is 1. The molecule has 0 N–H and O–H groups in total. The smallest absolute Gasteiger partial charge is 0.0784 e. The summed E-state index contributed by atoms with van der Waals surface area (Å²) in [6.45, 7) is 8.69. The number of quaternary nitrogens is 1. The maximum Gasteiger partial charge on any atom is 0.0784 e. The van der Waals surface area contributed by atoms with E-state index in [1.165, 1.54) is 74.6 Å². The Balaban J connectivity index is 2.30. The summed E-state index contributed by atoms with van der Waals surface area (Å²) in [6.07, 6.45) is 9.32. The largest absolute Gasteiger partial charge is 0.326 e. The normalized spacial score (nSPS) is 11.8. The van der Waals surface area contributed by atoms with Gasteiger partial charge in [0, 0.05) is 0 Å². The third-order valence-corrected chi connectivity index (χ3v) is 4.36. The van der Waals surface area contributed by atoms with Crippen molar-refractivity contribution in [2.45, 2.75) is 58.8 Å². The lowest BCUT2D eigenvalue weighted by Crippen LogP contribution is -2.46. The SMILES string of the molecule is CCCC[N+](C)(CCCC)CCCCc1ccccc1. The molecule has 0 saturated carbocycles. The number of hydrogen-bond acceptors (Lipinski definition) is 0. The van der Waals surface area contributed by atoms with Gasteiger partial charge in [-0.05, 0) is 37.7 Å². The van der Waals surface area contributed by atoms with E-state index in [1.54, 1.807) is 0 Å². The highest BCUT2D eigenvalue weighted by Gasteiger charge is 2.19. The molecule has 0 aliphatic heterocycles. The van der Waals surface area contributed by atoms with Gasteiger partial charge in [-0.3, -0.25) is 0 Å². The van der Waals surface area contributed by atoms with Gasteiger partial charge >= 0.3 is 0 Å². The van der Waals surface area contributed by atoms with Gasteiger partial charge in [-0.25, -0.2) is 0 Å². The van der Waals surface area contributed by atoms with Crippen LogP contribution in [0.4, 0.5) is 0 Å². The van der Waals surface area contributed by atoms with Crippen molar-refractivity contribution in [2.24, 2.45) is 0 Å². The molecule has 1 heteroatoms. The van der Waals surface area contributed by atoms with Crippen LogP contribution >= 0.6 is 0 Å². The maximum atomic E-state index is 2.47. The molecule has 0 bridgehead atoms. The van der Waals surface area contributed by atoms with Crippen LogP contribution in [0.5, 0.6) is 0 Å². The van der Waals surface area contributed by atoms with Crippen molar-refractivity contribution in [3.05, 3.63) is 35.9 Å². The Morgan fingerprint density at radius 2 is 1.30 bits per heavy atom. The summed E-state index contributed by atoms with van der Waals surface area (Å²) in [5, 5.41) is 0. The lowest BCUT2D eigenvalue weighted by Gasteiger charge is -2.35. The van der Waals surface area contributed by atoms with Gasteiger partial charge in [0.25, 0.3) is 0 Å². The second-order valence-electron chi connectivity index (χ2n) is 6.44. The lowest BCUT2D eigenvalue weighted by molar-refractivity contribution is -0.910. The van der Waals surface area contributed by atoms with E-state index in [0.717, 1.165) is 0 Å². The van der Waals surface area contributed by atoms with Gasteiger partial charge in [0.2, 0.25) is 0 Å². The molecule has 0 heterocycles. The molecule has 0 aliphatic rings. The van der Waals surface area contributed by atoms with E-state index in [-0.39, 0.29) is 0 Å². The maximum absolute atomic E-state index is 2.47. The molecule has 0 spiro atoms. The number of unbranched alkanes of at least 4 members (excludes halogenated alkanes) is 3. The fraction of sp³-hybridized carbons (Fsp3) is 0.684. The monoisotopic (exact) mass is 276 g/mol. The quantitative estimate of drug-likeness (QED) is 0.391. The van der Waals surface area contributed by atoms with E-state index >= 15 is 0 Å². The second-order valence-corrected chi connectivity index (χ2v) is 6.44. The fourth-order valence-corrected chi connectivity index (χ4v) is 2.88. The Kier molecular flexibility index (Phi) is 8.60. The van der Waals surface area contributed by atoms with Crippen LogP contribution in [-0.4, -0.2) is 31.2 Å². The summed E-state index contributed by atoms with van der Waals surface area (Å²) in [5.74, 6) is 0. The first-order valence-corrected chi connectivity index (χ1v) is 8.57. The van der Waals surface area contributed by atoms with Crippen LogP contribution in [0.1, 0.15) is 57.9 Å². The van der Waals surface area contributed by atoms with E-state index < -0.39 is 0 Å². The van der Waals surface area contributed by atoms with Crippen LogP contribution in [0.3, 0.4) is 0 Å². The Hall–Kier alpha value is -0.820. The van der Waals surface area contributed by atoms with Crippen molar-refractivity contribution in [1.82, 2.24) is 0 Å². The molecule has 0 fully saturated rings. The highest BCUT2D eigenvalue weighted by Crippen LogP contribution is 2.12. The summed E-state index contributed by atoms with van der Waals surface area (Å²) < 4.78 is 1.29. The minimum absolute atomic E-state index is 1.24. The highest BCUT2D eigenvalue weighted by molar-refractivity contribution is 5.14. The van der Waals surface area contributed by atoms with Gasteiger partial charge in [0.1, 0.15) is 0 Å². The Morgan fingerprint density at radius 1 is 0.750 bits per heavy atom. The Morgan fingerprint density at radius 3 is 1.85 bits per heavy atom. The average molecular weight is 276 g/mol. The summed E-state index contributed by atoms with van der Waals surface area (Å²) in [6, 6.07) is 10.9. The van der Waals surface area contributed by atoms with Gasteiger partial charge in [-0.1, -0.05) is 57.0 Å². The third kappa shape index (κ3) is 7.09. The van der Waals surface area contributed by atoms with Gasteiger partial charge in [-0.15, -0.1) is 0 Å². The molecular formula is C19H34N+. The van der Waals surface area contributed by atoms with Crippen molar-refractivity contribution in [1.29, 1.82) is 0 Å². The number of hydrogen-bond donors (Lipinski definition) is 0. The number of benzene rings is 1. The first-order valence-electron chi connectivity index (χ1n) is 8.57. The zero-order chi connectivity index (χ0) is 14.7. The lowest BCUT2D eigenvalue weighted by atomic mass is 10.1. The molecule has 1 aromatic carbocycles. The first-order chi connectivity index (χ1) is 9.70. The van der Waals surface area contributed by atoms with Crippen LogP contribution in [0.2, 0.25) is 0 Å². The zero-order valence-electron chi connectivity index (χ0n) is 13.9. The molecule has 1 rings (SSSR count). The van der Waals surface area contributed by atoms with E-state index in [9.17, 15) is 0 Å². The Labute approximate surface area is 126 Å². The predicted molar refractivity (Wildman–Crippen MR) is 90.0 cm³/mol. The standard InChI is InChI=1S/C19H34N/c1-4-6-16-20(3,17-7-5-2)18-12-11-15-19-13-9-8-10-14-19/h8-10,13-14H,4-7,11-12,15-18H2,1-3H3/q+1. The molecule has 1 aromatic rings. The van der Waals surface area contributed by atoms with Gasteiger partial charge < -0.3 is 4.48 Å². The summed E-state index contributed by atoms with van der Waals surface area (Å²) >= 11 is 0. The number of rotatable bonds is 11. The molecule has 20 heavy (non-hydrogen) atoms. The van der Waals surface area contributed by atoms with Crippen molar-refractivity contribution in [3.63, 3.8) is 0 Å². The summed E-state index contributed by atoms with van der Waals surface area (Å²) in [7, 11) is 2.47. The molecule has 1 nitrogen and oxygen atoms in total. The first kappa shape index (κ1) is 17.2. The van der Waals surface area contributed by atoms with E-state index in [1.807, 2.05) is 0 Å². The molecule has 0 amide bonds. The van der Waals surface area contributed by atoms with Crippen molar-refractivity contribution in [2.75, 3.05) is 26.7 Å². The van der Waals surface area contributed by atoms with Crippen LogP contribution in [0, 0.1) is 0 Å². The predicted octanol–water partition coefficient (Wildman–Crippen LogP) is 5.06. The molecule has 0 unspecified atom stereocenters. The molecule has 0 aromatic heterocycles. The van der Waals surface area contributed by atoms with E-state index in [4.69, 9.17) is 0 Å². The third-order valence-electron chi connectivity index (χ3n) is 4.36. The summed E-state index contributed by atoms with van der Waals surface area (Å²) in [4.78, 5) is 0. The molecule has 0 saturated heterocycles. The topological polar surface area (TPSA) is 0 Å². The zero-order valence-corrected chi connectivity index (χ0v) is 13.9. The molecule has 114 valence electrons. The van der Waals surface area contributed by atoms with Crippen molar-refractivity contribution >= 4 is 0 Å². The fourth-order valence-electron chi connectivity index (χ4n) is 2.88. The minimum Gasteiger partial charge on any atom is -0.326 e. The van der Waals surface area contributed by atoms with Crippen LogP contribution in [0.15, 0.2) is 30.3 Å². The molecule has 0 radical (unpaired) electrons. The van der Waals surface area contributed by atoms with Gasteiger partial charge in [0.15, 0.2) is 0 Å². The van der Waals surface area contributed by atoms with Crippen molar-refractivity contribution in [3.8, 4) is 0 Å². The van der Waals surface area contributed by atoms with E-state index in [2.05, 4.69) is 51.2 Å². The number of aryl methyl sites for hydroxylation is 1. The summed E-state index contributed by atoms with van der Waals surface area (Å²) in [5.41, 5.74) is 1.49. The van der Waals surface area contributed by atoms with Crippen LogP contribution in [0.25, 0.3) is 0 Å². The van der Waals surface area contributed by atoms with Crippen LogP contribution < -0.4 is 0 Å². The minimum atomic E-state index is 1.24.